The minimum Gasteiger partial charge on any atom is -0.474 e. The smallest absolute Gasteiger partial charge is 0.254 e. The number of carbonyl (C=O) groups excluding carboxylic acids is 1. The number of hydrogen-bond donors (Lipinski definition) is 1. The maximum atomic E-state index is 11.1. The second-order valence-electron chi connectivity index (χ2n) is 3.65. The number of ether oxygens (including phenoxy) is 2. The van der Waals surface area contributed by atoms with Crippen LogP contribution in [0.5, 0.6) is 5.88 Å². The summed E-state index contributed by atoms with van der Waals surface area (Å²) in [7, 11) is 0. The Hall–Kier alpha value is -1.62. The van der Waals surface area contributed by atoms with Crippen molar-refractivity contribution in [2.75, 3.05) is 13.2 Å². The molecule has 2 N–H and O–H groups in total. The number of carbonyl (C=O) groups is 1. The van der Waals surface area contributed by atoms with Gasteiger partial charge in [-0.25, -0.2) is 4.98 Å². The van der Waals surface area contributed by atoms with E-state index in [1.807, 2.05) is 0 Å². The van der Waals surface area contributed by atoms with Gasteiger partial charge in [-0.15, -0.1) is 0 Å². The number of pyridine rings is 1. The predicted molar refractivity (Wildman–Crippen MR) is 57.2 cm³/mol. The zero-order valence-corrected chi connectivity index (χ0v) is 8.89. The van der Waals surface area contributed by atoms with E-state index in [9.17, 15) is 4.79 Å². The molecule has 86 valence electrons. The molecular weight excluding hydrogens is 208 g/mol. The van der Waals surface area contributed by atoms with Crippen LogP contribution >= 0.6 is 0 Å². The third-order valence-electron chi connectivity index (χ3n) is 2.48. The van der Waals surface area contributed by atoms with Crippen LogP contribution in [0, 0.1) is 0 Å². The first-order valence-corrected chi connectivity index (χ1v) is 5.26. The normalized spacial score (nSPS) is 17.0. The van der Waals surface area contributed by atoms with Gasteiger partial charge in [-0.2, -0.15) is 0 Å². The van der Waals surface area contributed by atoms with Crippen molar-refractivity contribution in [2.24, 2.45) is 5.73 Å². The Morgan fingerprint density at radius 3 is 2.94 bits per heavy atom. The van der Waals surface area contributed by atoms with E-state index in [1.165, 1.54) is 0 Å². The van der Waals surface area contributed by atoms with Gasteiger partial charge in [0.15, 0.2) is 0 Å². The van der Waals surface area contributed by atoms with Crippen molar-refractivity contribution in [1.29, 1.82) is 0 Å². The van der Waals surface area contributed by atoms with E-state index in [1.54, 1.807) is 18.3 Å². The van der Waals surface area contributed by atoms with Gasteiger partial charge in [0.2, 0.25) is 5.88 Å². The Kier molecular flexibility index (Phi) is 3.36. The van der Waals surface area contributed by atoms with Crippen molar-refractivity contribution in [3.05, 3.63) is 23.9 Å². The molecule has 0 aromatic carbocycles. The molecule has 1 aromatic heterocycles. The number of hydrogen-bond acceptors (Lipinski definition) is 4. The molecule has 1 fully saturated rings. The molecule has 1 aromatic rings. The van der Waals surface area contributed by atoms with Gasteiger partial charge in [-0.05, 0) is 12.1 Å². The minimum absolute atomic E-state index is 0.0572. The Morgan fingerprint density at radius 1 is 1.50 bits per heavy atom. The van der Waals surface area contributed by atoms with Crippen LogP contribution in [-0.4, -0.2) is 30.2 Å². The first-order chi connectivity index (χ1) is 7.77. The van der Waals surface area contributed by atoms with E-state index in [0.717, 1.165) is 12.8 Å². The summed E-state index contributed by atoms with van der Waals surface area (Å²) in [5, 5.41) is 0. The maximum Gasteiger partial charge on any atom is 0.254 e. The van der Waals surface area contributed by atoms with Crippen molar-refractivity contribution >= 4 is 5.91 Å². The molecule has 0 unspecified atom stereocenters. The van der Waals surface area contributed by atoms with Crippen LogP contribution < -0.4 is 10.5 Å². The molecule has 0 atom stereocenters. The van der Waals surface area contributed by atoms with E-state index in [0.29, 0.717) is 24.7 Å². The van der Waals surface area contributed by atoms with E-state index in [2.05, 4.69) is 4.98 Å². The highest BCUT2D eigenvalue weighted by Crippen LogP contribution is 2.19. The summed E-state index contributed by atoms with van der Waals surface area (Å²) in [6.45, 7) is 1.37. The summed E-state index contributed by atoms with van der Waals surface area (Å²) >= 11 is 0. The van der Waals surface area contributed by atoms with E-state index < -0.39 is 5.91 Å². The van der Waals surface area contributed by atoms with Crippen LogP contribution in [0.4, 0.5) is 0 Å². The quantitative estimate of drug-likeness (QED) is 0.818. The van der Waals surface area contributed by atoms with Gasteiger partial charge < -0.3 is 15.2 Å². The molecule has 0 spiro atoms. The largest absolute Gasteiger partial charge is 0.474 e. The van der Waals surface area contributed by atoms with E-state index in [-0.39, 0.29) is 6.10 Å². The third-order valence-corrected chi connectivity index (χ3v) is 2.48. The fraction of sp³-hybridized carbons (Fsp3) is 0.455. The molecule has 2 heterocycles. The molecule has 0 aliphatic carbocycles. The first-order valence-electron chi connectivity index (χ1n) is 5.26. The Bertz CT molecular complexity index is 375. The van der Waals surface area contributed by atoms with Crippen LogP contribution in [-0.2, 0) is 4.74 Å². The van der Waals surface area contributed by atoms with E-state index >= 15 is 0 Å². The van der Waals surface area contributed by atoms with Gasteiger partial charge in [-0.1, -0.05) is 0 Å². The molecule has 1 aliphatic heterocycles. The summed E-state index contributed by atoms with van der Waals surface area (Å²) in [6, 6.07) is 3.28. The zero-order valence-electron chi connectivity index (χ0n) is 8.89. The Balaban J connectivity index is 2.10. The summed E-state index contributed by atoms with van der Waals surface area (Å²) < 4.78 is 10.9. The van der Waals surface area contributed by atoms with Crippen molar-refractivity contribution in [3.8, 4) is 5.88 Å². The third kappa shape index (κ3) is 2.49. The Labute approximate surface area is 93.6 Å². The van der Waals surface area contributed by atoms with Gasteiger partial charge in [0.1, 0.15) is 11.7 Å². The molecule has 1 amide bonds. The average Bonchev–Trinajstić information content (AvgIpc) is 2.31. The lowest BCUT2D eigenvalue weighted by atomic mass is 10.1. The second-order valence-corrected chi connectivity index (χ2v) is 3.65. The minimum atomic E-state index is -0.518. The lowest BCUT2D eigenvalue weighted by molar-refractivity contribution is 0.0234. The number of nitrogens with two attached hydrogens (primary N) is 1. The summed E-state index contributed by atoms with van der Waals surface area (Å²) in [6.07, 6.45) is 3.27. The van der Waals surface area contributed by atoms with Gasteiger partial charge in [-0.3, -0.25) is 4.79 Å². The highest BCUT2D eigenvalue weighted by Gasteiger charge is 2.18. The molecule has 2 rings (SSSR count). The van der Waals surface area contributed by atoms with Crippen molar-refractivity contribution in [3.63, 3.8) is 0 Å². The number of aromatic nitrogens is 1. The second kappa shape index (κ2) is 4.94. The number of rotatable bonds is 3. The zero-order chi connectivity index (χ0) is 11.4. The summed E-state index contributed by atoms with van der Waals surface area (Å²) in [4.78, 5) is 15.2. The number of primary amides is 1. The highest BCUT2D eigenvalue weighted by molar-refractivity contribution is 5.94. The molecular formula is C11H14N2O3. The fourth-order valence-corrected chi connectivity index (χ4v) is 1.62. The van der Waals surface area contributed by atoms with Crippen LogP contribution in [0.2, 0.25) is 0 Å². The molecule has 5 nitrogen and oxygen atoms in total. The van der Waals surface area contributed by atoms with Crippen molar-refractivity contribution in [2.45, 2.75) is 18.9 Å². The SMILES string of the molecule is NC(=O)c1cccnc1OC1CCOCC1. The molecule has 5 heteroatoms. The standard InChI is InChI=1S/C11H14N2O3/c12-10(14)9-2-1-5-13-11(9)16-8-3-6-15-7-4-8/h1-2,5,8H,3-4,6-7H2,(H2,12,14). The average molecular weight is 222 g/mol. The van der Waals surface area contributed by atoms with Gasteiger partial charge in [0, 0.05) is 19.0 Å². The van der Waals surface area contributed by atoms with Gasteiger partial charge in [0.25, 0.3) is 5.91 Å². The van der Waals surface area contributed by atoms with Crippen LogP contribution in [0.15, 0.2) is 18.3 Å². The van der Waals surface area contributed by atoms with Gasteiger partial charge in [0.05, 0.1) is 13.2 Å². The molecule has 0 bridgehead atoms. The van der Waals surface area contributed by atoms with Gasteiger partial charge >= 0.3 is 0 Å². The monoisotopic (exact) mass is 222 g/mol. The summed E-state index contributed by atoms with van der Waals surface area (Å²) in [5.41, 5.74) is 5.56. The molecule has 0 radical (unpaired) electrons. The number of nitrogens with zero attached hydrogens (tertiary/aromatic N) is 1. The lowest BCUT2D eigenvalue weighted by Gasteiger charge is -2.23. The molecule has 1 aliphatic rings. The lowest BCUT2D eigenvalue weighted by Crippen LogP contribution is -2.27. The molecule has 1 saturated heterocycles. The number of amides is 1. The van der Waals surface area contributed by atoms with Crippen LogP contribution in [0.25, 0.3) is 0 Å². The summed E-state index contributed by atoms with van der Waals surface area (Å²) in [5.74, 6) is -0.197. The van der Waals surface area contributed by atoms with Crippen molar-refractivity contribution in [1.82, 2.24) is 4.98 Å². The highest BCUT2D eigenvalue weighted by atomic mass is 16.5. The van der Waals surface area contributed by atoms with E-state index in [4.69, 9.17) is 15.2 Å². The van der Waals surface area contributed by atoms with Crippen LogP contribution in [0.1, 0.15) is 23.2 Å². The predicted octanol–water partition coefficient (Wildman–Crippen LogP) is 0.738. The molecule has 0 saturated carbocycles. The fourth-order valence-electron chi connectivity index (χ4n) is 1.62. The first kappa shape index (κ1) is 10.9. The maximum absolute atomic E-state index is 11.1. The Morgan fingerprint density at radius 2 is 2.25 bits per heavy atom. The molecule has 16 heavy (non-hydrogen) atoms. The topological polar surface area (TPSA) is 74.4 Å². The van der Waals surface area contributed by atoms with Crippen LogP contribution in [0.3, 0.4) is 0 Å². The van der Waals surface area contributed by atoms with Crippen molar-refractivity contribution < 1.29 is 14.3 Å².